The number of anilines is 1. The monoisotopic (exact) mass is 308 g/mol. The number of fused-ring (bicyclic) bond motifs is 2. The molecular formula is C16H21ClN2O2. The zero-order valence-corrected chi connectivity index (χ0v) is 13.0. The van der Waals surface area contributed by atoms with Crippen LogP contribution < -0.4 is 15.4 Å². The Morgan fingerprint density at radius 2 is 2.10 bits per heavy atom. The minimum atomic E-state index is 0.0384. The number of ether oxygens (including phenoxy) is 1. The minimum Gasteiger partial charge on any atom is -0.497 e. The van der Waals surface area contributed by atoms with Crippen molar-refractivity contribution in [3.05, 3.63) is 23.2 Å². The Kier molecular flexibility index (Phi) is 4.36. The van der Waals surface area contributed by atoms with Crippen molar-refractivity contribution in [2.24, 2.45) is 5.92 Å². The first-order valence-electron chi connectivity index (χ1n) is 7.53. The van der Waals surface area contributed by atoms with Gasteiger partial charge in [0.1, 0.15) is 5.75 Å². The highest BCUT2D eigenvalue weighted by Gasteiger charge is 2.34. The summed E-state index contributed by atoms with van der Waals surface area (Å²) in [6.07, 6.45) is 5.29. The molecule has 114 valence electrons. The molecule has 5 heteroatoms. The number of rotatable bonds is 4. The number of halogens is 1. The molecule has 2 atom stereocenters. The van der Waals surface area contributed by atoms with Gasteiger partial charge in [-0.15, -0.1) is 0 Å². The second-order valence-electron chi connectivity index (χ2n) is 6.07. The van der Waals surface area contributed by atoms with Crippen molar-refractivity contribution in [2.45, 2.75) is 44.2 Å². The lowest BCUT2D eigenvalue weighted by Crippen LogP contribution is -2.39. The molecule has 21 heavy (non-hydrogen) atoms. The largest absolute Gasteiger partial charge is 0.497 e. The molecule has 4 nitrogen and oxygen atoms in total. The molecule has 3 rings (SSSR count). The fraction of sp³-hybridized carbons (Fsp3) is 0.562. The molecule has 2 heterocycles. The molecule has 0 aromatic heterocycles. The standard InChI is InChI=1S/C16H21ClN2O2/c1-21-13-4-5-14(17)15(9-13)19-16(20)8-10-6-11-2-3-12(7-10)18-11/h4-5,9-12,18H,2-3,6-8H2,1H3,(H,19,20). The van der Waals surface area contributed by atoms with E-state index in [0.29, 0.717) is 40.9 Å². The van der Waals surface area contributed by atoms with E-state index in [2.05, 4.69) is 10.6 Å². The number of nitrogens with one attached hydrogen (secondary N) is 2. The lowest BCUT2D eigenvalue weighted by Gasteiger charge is -2.28. The van der Waals surface area contributed by atoms with Crippen molar-refractivity contribution in [1.29, 1.82) is 0 Å². The summed E-state index contributed by atoms with van der Waals surface area (Å²) >= 11 is 6.12. The summed E-state index contributed by atoms with van der Waals surface area (Å²) in [6, 6.07) is 6.50. The van der Waals surface area contributed by atoms with Crippen LogP contribution in [-0.2, 0) is 4.79 Å². The maximum absolute atomic E-state index is 12.2. The number of hydrogen-bond donors (Lipinski definition) is 2. The lowest BCUT2D eigenvalue weighted by atomic mass is 9.89. The molecule has 2 aliphatic rings. The molecule has 2 saturated heterocycles. The average Bonchev–Trinajstić information content (AvgIpc) is 2.80. The van der Waals surface area contributed by atoms with Gasteiger partial charge in [-0.1, -0.05) is 11.6 Å². The third-order valence-corrected chi connectivity index (χ3v) is 4.82. The van der Waals surface area contributed by atoms with E-state index in [1.54, 1.807) is 25.3 Å². The Balaban J connectivity index is 1.59. The van der Waals surface area contributed by atoms with E-state index in [4.69, 9.17) is 16.3 Å². The van der Waals surface area contributed by atoms with Gasteiger partial charge in [0.05, 0.1) is 17.8 Å². The summed E-state index contributed by atoms with van der Waals surface area (Å²) in [5, 5.41) is 7.05. The van der Waals surface area contributed by atoms with Crippen LogP contribution in [-0.4, -0.2) is 25.1 Å². The second kappa shape index (κ2) is 6.24. The summed E-state index contributed by atoms with van der Waals surface area (Å²) in [7, 11) is 1.60. The van der Waals surface area contributed by atoms with Gasteiger partial charge in [0.2, 0.25) is 5.91 Å². The van der Waals surface area contributed by atoms with Gasteiger partial charge in [-0.25, -0.2) is 0 Å². The first-order chi connectivity index (χ1) is 10.1. The smallest absolute Gasteiger partial charge is 0.224 e. The summed E-state index contributed by atoms with van der Waals surface area (Å²) in [6.45, 7) is 0. The maximum Gasteiger partial charge on any atom is 0.224 e. The predicted molar refractivity (Wildman–Crippen MR) is 83.9 cm³/mol. The number of carbonyl (C=O) groups is 1. The molecule has 2 bridgehead atoms. The molecule has 2 N–H and O–H groups in total. The van der Waals surface area contributed by atoms with Gasteiger partial charge >= 0.3 is 0 Å². The normalized spacial score (nSPS) is 27.4. The van der Waals surface area contributed by atoms with Crippen LogP contribution in [0.3, 0.4) is 0 Å². The number of hydrogen-bond acceptors (Lipinski definition) is 3. The van der Waals surface area contributed by atoms with Gasteiger partial charge in [0.15, 0.2) is 0 Å². The van der Waals surface area contributed by atoms with E-state index >= 15 is 0 Å². The Morgan fingerprint density at radius 3 is 2.76 bits per heavy atom. The molecule has 2 aliphatic heterocycles. The third-order valence-electron chi connectivity index (χ3n) is 4.49. The Labute approximate surface area is 130 Å². The van der Waals surface area contributed by atoms with Gasteiger partial charge in [-0.05, 0) is 43.7 Å². The zero-order valence-electron chi connectivity index (χ0n) is 12.2. The molecule has 0 spiro atoms. The maximum atomic E-state index is 12.2. The van der Waals surface area contributed by atoms with Crippen LogP contribution in [0.15, 0.2) is 18.2 Å². The van der Waals surface area contributed by atoms with Crippen LogP contribution in [0, 0.1) is 5.92 Å². The molecule has 1 aromatic rings. The summed E-state index contributed by atoms with van der Waals surface area (Å²) in [4.78, 5) is 12.2. The SMILES string of the molecule is COc1ccc(Cl)c(NC(=O)CC2CC3CCC(C2)N3)c1. The van der Waals surface area contributed by atoms with Crippen molar-refractivity contribution < 1.29 is 9.53 Å². The molecule has 2 unspecified atom stereocenters. The fourth-order valence-corrected chi connectivity index (χ4v) is 3.70. The van der Waals surface area contributed by atoms with E-state index in [-0.39, 0.29) is 5.91 Å². The van der Waals surface area contributed by atoms with Gasteiger partial charge in [-0.2, -0.15) is 0 Å². The van der Waals surface area contributed by atoms with E-state index in [9.17, 15) is 4.79 Å². The Bertz CT molecular complexity index is 523. The highest BCUT2D eigenvalue weighted by atomic mass is 35.5. The van der Waals surface area contributed by atoms with Crippen molar-refractivity contribution in [3.63, 3.8) is 0 Å². The van der Waals surface area contributed by atoms with Gasteiger partial charge in [0, 0.05) is 24.6 Å². The van der Waals surface area contributed by atoms with Crippen molar-refractivity contribution >= 4 is 23.2 Å². The summed E-state index contributed by atoms with van der Waals surface area (Å²) in [5.74, 6) is 1.21. The first-order valence-corrected chi connectivity index (χ1v) is 7.91. The lowest BCUT2D eigenvalue weighted by molar-refractivity contribution is -0.117. The zero-order chi connectivity index (χ0) is 14.8. The van der Waals surface area contributed by atoms with Gasteiger partial charge < -0.3 is 15.4 Å². The highest BCUT2D eigenvalue weighted by molar-refractivity contribution is 6.33. The van der Waals surface area contributed by atoms with Crippen LogP contribution >= 0.6 is 11.6 Å². The van der Waals surface area contributed by atoms with Crippen LogP contribution in [0.5, 0.6) is 5.75 Å². The molecule has 0 saturated carbocycles. The number of amides is 1. The molecular weight excluding hydrogens is 288 g/mol. The first kappa shape index (κ1) is 14.7. The van der Waals surface area contributed by atoms with Crippen LogP contribution in [0.2, 0.25) is 5.02 Å². The van der Waals surface area contributed by atoms with Crippen molar-refractivity contribution in [3.8, 4) is 5.75 Å². The summed E-state index contributed by atoms with van der Waals surface area (Å²) in [5.41, 5.74) is 0.623. The van der Waals surface area contributed by atoms with E-state index in [1.807, 2.05) is 0 Å². The second-order valence-corrected chi connectivity index (χ2v) is 6.48. The number of benzene rings is 1. The Hall–Kier alpha value is -1.26. The molecule has 1 aromatic carbocycles. The average molecular weight is 309 g/mol. The molecule has 1 amide bonds. The number of methoxy groups -OCH3 is 1. The Morgan fingerprint density at radius 1 is 1.38 bits per heavy atom. The fourth-order valence-electron chi connectivity index (χ4n) is 3.53. The van der Waals surface area contributed by atoms with Crippen molar-refractivity contribution in [1.82, 2.24) is 5.32 Å². The van der Waals surface area contributed by atoms with Crippen LogP contribution in [0.4, 0.5) is 5.69 Å². The molecule has 0 radical (unpaired) electrons. The van der Waals surface area contributed by atoms with E-state index in [0.717, 1.165) is 12.8 Å². The quantitative estimate of drug-likeness (QED) is 0.898. The van der Waals surface area contributed by atoms with Gasteiger partial charge in [-0.3, -0.25) is 4.79 Å². The third kappa shape index (κ3) is 3.50. The topological polar surface area (TPSA) is 50.4 Å². The molecule has 0 aliphatic carbocycles. The van der Waals surface area contributed by atoms with E-state index in [1.165, 1.54) is 12.8 Å². The van der Waals surface area contributed by atoms with Crippen LogP contribution in [0.25, 0.3) is 0 Å². The predicted octanol–water partition coefficient (Wildman–Crippen LogP) is 3.21. The highest BCUT2D eigenvalue weighted by Crippen LogP contribution is 2.33. The molecule has 2 fully saturated rings. The minimum absolute atomic E-state index is 0.0384. The van der Waals surface area contributed by atoms with Crippen LogP contribution in [0.1, 0.15) is 32.1 Å². The number of piperidine rings is 1. The van der Waals surface area contributed by atoms with Crippen molar-refractivity contribution in [2.75, 3.05) is 12.4 Å². The van der Waals surface area contributed by atoms with E-state index < -0.39 is 0 Å². The van der Waals surface area contributed by atoms with Gasteiger partial charge in [0.25, 0.3) is 0 Å². The summed E-state index contributed by atoms with van der Waals surface area (Å²) < 4.78 is 5.16. The number of carbonyl (C=O) groups excluding carboxylic acids is 1.